The summed E-state index contributed by atoms with van der Waals surface area (Å²) in [5, 5.41) is 8.47. The van der Waals surface area contributed by atoms with Crippen LogP contribution in [-0.4, -0.2) is 20.4 Å². The fraction of sp³-hybridized carbons (Fsp3) is 0.286. The number of unbranched alkanes of at least 4 members (excludes halogenated alkanes) is 1. The molecule has 0 saturated carbocycles. The summed E-state index contributed by atoms with van der Waals surface area (Å²) < 4.78 is 2.01. The molecule has 3 aromatic rings. The quantitative estimate of drug-likeness (QED) is 0.364. The average Bonchev–Trinajstić information content (AvgIpc) is 3.06. The normalized spacial score (nSPS) is 10.8. The zero-order chi connectivity index (χ0) is 18.5. The SMILES string of the molecule is CCCC#CC(=O)c1ccccc1Sc1ccc2nnc(C(C)C)n2c1. The van der Waals surface area contributed by atoms with Crippen molar-refractivity contribution in [2.45, 2.75) is 49.3 Å². The second-order valence-electron chi connectivity index (χ2n) is 6.29. The Morgan fingerprint density at radius 1 is 1.19 bits per heavy atom. The minimum absolute atomic E-state index is 0.130. The van der Waals surface area contributed by atoms with E-state index in [4.69, 9.17) is 0 Å². The van der Waals surface area contributed by atoms with E-state index in [9.17, 15) is 4.79 Å². The van der Waals surface area contributed by atoms with E-state index >= 15 is 0 Å². The molecule has 0 spiro atoms. The van der Waals surface area contributed by atoms with Gasteiger partial charge in [0.15, 0.2) is 5.65 Å². The first-order valence-electron chi connectivity index (χ1n) is 8.75. The number of benzene rings is 1. The predicted octanol–water partition coefficient (Wildman–Crippen LogP) is 4.99. The highest BCUT2D eigenvalue weighted by Gasteiger charge is 2.13. The van der Waals surface area contributed by atoms with Gasteiger partial charge in [0.2, 0.25) is 5.78 Å². The molecule has 4 nitrogen and oxygen atoms in total. The van der Waals surface area contributed by atoms with Crippen LogP contribution in [0.15, 0.2) is 52.4 Å². The summed E-state index contributed by atoms with van der Waals surface area (Å²) in [7, 11) is 0. The maximum Gasteiger partial charge on any atom is 0.237 e. The molecule has 3 rings (SSSR count). The van der Waals surface area contributed by atoms with Crippen LogP contribution in [0.5, 0.6) is 0 Å². The second kappa shape index (κ2) is 8.20. The zero-order valence-electron chi connectivity index (χ0n) is 15.2. The van der Waals surface area contributed by atoms with Gasteiger partial charge in [0.25, 0.3) is 0 Å². The summed E-state index contributed by atoms with van der Waals surface area (Å²) >= 11 is 1.56. The number of nitrogens with zero attached hydrogens (tertiary/aromatic N) is 3. The summed E-state index contributed by atoms with van der Waals surface area (Å²) in [6.45, 7) is 6.24. The van der Waals surface area contributed by atoms with E-state index in [0.717, 1.165) is 34.1 Å². The van der Waals surface area contributed by atoms with Gasteiger partial charge in [-0.05, 0) is 36.6 Å². The predicted molar refractivity (Wildman–Crippen MR) is 105 cm³/mol. The Balaban J connectivity index is 1.92. The molecule has 0 unspecified atom stereocenters. The number of carbonyl (C=O) groups is 1. The van der Waals surface area contributed by atoms with Gasteiger partial charge in [-0.1, -0.05) is 50.6 Å². The highest BCUT2D eigenvalue weighted by Crippen LogP contribution is 2.31. The first-order chi connectivity index (χ1) is 12.6. The van der Waals surface area contributed by atoms with Crippen LogP contribution >= 0.6 is 11.8 Å². The molecular formula is C21H21N3OS. The largest absolute Gasteiger partial charge is 0.285 e. The lowest BCUT2D eigenvalue weighted by atomic mass is 10.1. The number of pyridine rings is 1. The molecule has 0 bridgehead atoms. The third-order valence-corrected chi connectivity index (χ3v) is 4.91. The van der Waals surface area contributed by atoms with Gasteiger partial charge < -0.3 is 0 Å². The lowest BCUT2D eigenvalue weighted by Crippen LogP contribution is -1.98. The molecule has 2 heterocycles. The van der Waals surface area contributed by atoms with Gasteiger partial charge in [-0.2, -0.15) is 0 Å². The van der Waals surface area contributed by atoms with E-state index in [-0.39, 0.29) is 11.7 Å². The zero-order valence-corrected chi connectivity index (χ0v) is 16.0. The number of rotatable bonds is 5. The summed E-state index contributed by atoms with van der Waals surface area (Å²) in [5.74, 6) is 6.77. The van der Waals surface area contributed by atoms with Gasteiger partial charge in [0, 0.05) is 33.9 Å². The lowest BCUT2D eigenvalue weighted by molar-refractivity contribution is 0.105. The highest BCUT2D eigenvalue weighted by atomic mass is 32.2. The minimum atomic E-state index is -0.130. The highest BCUT2D eigenvalue weighted by molar-refractivity contribution is 7.99. The van der Waals surface area contributed by atoms with E-state index in [1.807, 2.05) is 47.0 Å². The Morgan fingerprint density at radius 3 is 2.77 bits per heavy atom. The molecule has 0 amide bonds. The molecule has 0 fully saturated rings. The third-order valence-electron chi connectivity index (χ3n) is 3.85. The van der Waals surface area contributed by atoms with E-state index in [2.05, 4.69) is 42.8 Å². The molecule has 0 aliphatic rings. The second-order valence-corrected chi connectivity index (χ2v) is 7.40. The summed E-state index contributed by atoms with van der Waals surface area (Å²) in [6, 6.07) is 11.6. The number of aromatic nitrogens is 3. The standard InChI is InChI=1S/C21H21N3OS/c1-4-5-6-10-18(25)17-9-7-8-11-19(17)26-16-12-13-20-22-23-21(15(2)3)24(20)14-16/h7-9,11-15H,4-5H2,1-3H3. The Morgan fingerprint density at radius 2 is 2.00 bits per heavy atom. The van der Waals surface area contributed by atoms with Crippen molar-refractivity contribution in [3.05, 3.63) is 54.0 Å². The van der Waals surface area contributed by atoms with Crippen molar-refractivity contribution in [3.63, 3.8) is 0 Å². The number of fused-ring (bicyclic) bond motifs is 1. The fourth-order valence-electron chi connectivity index (χ4n) is 2.55. The van der Waals surface area contributed by atoms with Crippen LogP contribution < -0.4 is 0 Å². The maximum atomic E-state index is 12.4. The van der Waals surface area contributed by atoms with E-state index in [1.165, 1.54) is 0 Å². The molecule has 132 valence electrons. The van der Waals surface area contributed by atoms with Gasteiger partial charge >= 0.3 is 0 Å². The molecule has 2 aromatic heterocycles. The summed E-state index contributed by atoms with van der Waals surface area (Å²) in [5.41, 5.74) is 1.47. The number of hydrogen-bond donors (Lipinski definition) is 0. The molecule has 1 aromatic carbocycles. The van der Waals surface area contributed by atoms with Crippen LogP contribution in [-0.2, 0) is 0 Å². The van der Waals surface area contributed by atoms with Crippen molar-refractivity contribution in [2.24, 2.45) is 0 Å². The molecule has 0 N–H and O–H groups in total. The molecule has 0 aliphatic carbocycles. The van der Waals surface area contributed by atoms with Crippen molar-refractivity contribution in [2.75, 3.05) is 0 Å². The molecule has 0 radical (unpaired) electrons. The van der Waals surface area contributed by atoms with Crippen LogP contribution in [0.4, 0.5) is 0 Å². The Hall–Kier alpha value is -2.58. The molecule has 5 heteroatoms. The number of ketones is 1. The van der Waals surface area contributed by atoms with Gasteiger partial charge in [0.05, 0.1) is 0 Å². The summed E-state index contributed by atoms with van der Waals surface area (Å²) in [4.78, 5) is 14.4. The fourth-order valence-corrected chi connectivity index (χ4v) is 3.51. The Labute approximate surface area is 158 Å². The molecule has 0 aliphatic heterocycles. The maximum absolute atomic E-state index is 12.4. The monoisotopic (exact) mass is 363 g/mol. The van der Waals surface area contributed by atoms with E-state index in [1.54, 1.807) is 11.8 Å². The number of Topliss-reactive ketones (excluding diaryl/α,β-unsaturated/α-hetero) is 1. The minimum Gasteiger partial charge on any atom is -0.285 e. The number of hydrogen-bond acceptors (Lipinski definition) is 4. The van der Waals surface area contributed by atoms with E-state index in [0.29, 0.717) is 5.56 Å². The van der Waals surface area contributed by atoms with Crippen molar-refractivity contribution < 1.29 is 4.79 Å². The van der Waals surface area contributed by atoms with Gasteiger partial charge in [-0.15, -0.1) is 10.2 Å². The van der Waals surface area contributed by atoms with Crippen LogP contribution in [0, 0.1) is 11.8 Å². The molecule has 26 heavy (non-hydrogen) atoms. The molecular weight excluding hydrogens is 342 g/mol. The van der Waals surface area contributed by atoms with Crippen molar-refractivity contribution in [1.29, 1.82) is 0 Å². The van der Waals surface area contributed by atoms with Crippen molar-refractivity contribution >= 4 is 23.2 Å². The Bertz CT molecular complexity index is 995. The van der Waals surface area contributed by atoms with Crippen LogP contribution in [0.2, 0.25) is 0 Å². The first-order valence-corrected chi connectivity index (χ1v) is 9.56. The average molecular weight is 363 g/mol. The third kappa shape index (κ3) is 3.97. The number of carbonyl (C=O) groups excluding carboxylic acids is 1. The van der Waals surface area contributed by atoms with Crippen LogP contribution in [0.25, 0.3) is 5.65 Å². The molecule has 0 saturated heterocycles. The van der Waals surface area contributed by atoms with Gasteiger partial charge in [0.1, 0.15) is 5.82 Å². The van der Waals surface area contributed by atoms with Crippen LogP contribution in [0.1, 0.15) is 55.7 Å². The van der Waals surface area contributed by atoms with Gasteiger partial charge in [-0.3, -0.25) is 9.20 Å². The van der Waals surface area contributed by atoms with Gasteiger partial charge in [-0.25, -0.2) is 0 Å². The van der Waals surface area contributed by atoms with E-state index < -0.39 is 0 Å². The first kappa shape index (κ1) is 18.2. The topological polar surface area (TPSA) is 47.3 Å². The van der Waals surface area contributed by atoms with Crippen molar-refractivity contribution in [1.82, 2.24) is 14.6 Å². The Kier molecular flexibility index (Phi) is 5.75. The summed E-state index contributed by atoms with van der Waals surface area (Å²) in [6.07, 6.45) is 3.72. The smallest absolute Gasteiger partial charge is 0.237 e. The molecule has 0 atom stereocenters. The van der Waals surface area contributed by atoms with Crippen LogP contribution in [0.3, 0.4) is 0 Å². The van der Waals surface area contributed by atoms with Crippen molar-refractivity contribution in [3.8, 4) is 11.8 Å². The lowest BCUT2D eigenvalue weighted by Gasteiger charge is -2.08.